The van der Waals surface area contributed by atoms with Crippen molar-refractivity contribution in [2.45, 2.75) is 26.2 Å². The maximum absolute atomic E-state index is 8.38. The summed E-state index contributed by atoms with van der Waals surface area (Å²) in [5.74, 6) is 0. The molecule has 0 saturated carbocycles. The fraction of sp³-hybridized carbons (Fsp3) is 0.227. The third-order valence-electron chi connectivity index (χ3n) is 5.17. The summed E-state index contributed by atoms with van der Waals surface area (Å²) in [6.45, 7) is 6.70. The summed E-state index contributed by atoms with van der Waals surface area (Å²) in [6.07, 6.45) is 2.09. The van der Waals surface area contributed by atoms with Crippen molar-refractivity contribution < 1.29 is 5.94 Å². The van der Waals surface area contributed by atoms with Crippen LogP contribution in [0.5, 0.6) is 0 Å². The lowest BCUT2D eigenvalue weighted by molar-refractivity contribution is -0.660. The quantitative estimate of drug-likeness (QED) is 0.569. The fourth-order valence-corrected chi connectivity index (χ4v) is 3.84. The Kier molecular flexibility index (Phi) is 2.72. The first-order valence-electron chi connectivity index (χ1n) is 8.62. The van der Waals surface area contributed by atoms with Crippen LogP contribution in [0.2, 0.25) is 0 Å². The molecule has 1 nitrogen and oxygen atoms in total. The van der Waals surface area contributed by atoms with Gasteiger partial charge in [-0.15, -0.1) is 0 Å². The van der Waals surface area contributed by atoms with Gasteiger partial charge in [-0.3, -0.25) is 0 Å². The second-order valence-electron chi connectivity index (χ2n) is 6.99. The van der Waals surface area contributed by atoms with Gasteiger partial charge in [-0.05, 0) is 46.9 Å². The van der Waals surface area contributed by atoms with E-state index in [0.29, 0.717) is 6.04 Å². The van der Waals surface area contributed by atoms with E-state index in [4.69, 9.17) is 1.37 Å². The topological polar surface area (TPSA) is 3.88 Å². The summed E-state index contributed by atoms with van der Waals surface area (Å²) in [7, 11) is 2.09. The Morgan fingerprint density at radius 3 is 2.48 bits per heavy atom. The monoisotopic (exact) mass is 301 g/mol. The van der Waals surface area contributed by atoms with E-state index in [1.165, 1.54) is 33.5 Å². The number of nitrogens with zero attached hydrogens (tertiary/aromatic N) is 1. The Bertz CT molecular complexity index is 970. The lowest BCUT2D eigenvalue weighted by Crippen LogP contribution is -2.30. The average molecular weight is 301 g/mol. The zero-order valence-corrected chi connectivity index (χ0v) is 14.1. The van der Waals surface area contributed by atoms with Crippen LogP contribution in [0.3, 0.4) is 0 Å². The predicted octanol–water partition coefficient (Wildman–Crippen LogP) is 4.79. The Morgan fingerprint density at radius 1 is 0.913 bits per heavy atom. The number of aromatic nitrogens is 1. The first kappa shape index (κ1) is 13.1. The number of fused-ring (bicyclic) bond motifs is 3. The number of hydrogen-bond donors (Lipinski definition) is 0. The third kappa shape index (κ3) is 1.96. The van der Waals surface area contributed by atoms with E-state index >= 15 is 0 Å². The van der Waals surface area contributed by atoms with Crippen LogP contribution in [0, 0.1) is 6.92 Å². The van der Waals surface area contributed by atoms with Gasteiger partial charge >= 0.3 is 0 Å². The van der Waals surface area contributed by atoms with Crippen molar-refractivity contribution in [1.82, 2.24) is 0 Å². The molecule has 4 rings (SSSR count). The smallest absolute Gasteiger partial charge is 0.201 e. The average Bonchev–Trinajstić information content (AvgIpc) is 2.76. The lowest BCUT2D eigenvalue weighted by Gasteiger charge is -2.22. The molecular weight excluding hydrogens is 278 g/mol. The first-order chi connectivity index (χ1) is 11.4. The molecule has 0 aliphatic heterocycles. The molecule has 3 aromatic rings. The zero-order chi connectivity index (χ0) is 17.1. The Balaban J connectivity index is 2.03. The van der Waals surface area contributed by atoms with Crippen LogP contribution in [0.25, 0.3) is 22.4 Å². The zero-order valence-electron chi connectivity index (χ0n) is 15.1. The van der Waals surface area contributed by atoms with E-state index in [1.807, 2.05) is 12.1 Å². The number of pyridine rings is 1. The molecule has 0 bridgehead atoms. The minimum atomic E-state index is -0.0719. The van der Waals surface area contributed by atoms with Gasteiger partial charge in [-0.25, -0.2) is 4.57 Å². The molecule has 0 amide bonds. The van der Waals surface area contributed by atoms with Crippen LogP contribution in [-0.2, 0) is 12.5 Å². The summed E-state index contributed by atoms with van der Waals surface area (Å²) in [5, 5.41) is 0. The molecule has 0 unspecified atom stereocenters. The standard InChI is InChI=1S/C22H22N/c1-15-13-18-16-9-5-6-10-19(16)22(2,3)20(18)14-17(15)21-11-7-8-12-23(21)4/h5-14H,1-4H3/q+1/i9D. The fourth-order valence-electron chi connectivity index (χ4n) is 3.84. The molecule has 0 saturated heterocycles. The van der Waals surface area contributed by atoms with Crippen molar-refractivity contribution in [3.8, 4) is 22.4 Å². The van der Waals surface area contributed by atoms with E-state index in [9.17, 15) is 0 Å². The molecule has 0 N–H and O–H groups in total. The van der Waals surface area contributed by atoms with Crippen LogP contribution in [0.4, 0.5) is 0 Å². The first-order valence-corrected chi connectivity index (χ1v) is 8.12. The van der Waals surface area contributed by atoms with Crippen molar-refractivity contribution >= 4 is 0 Å². The van der Waals surface area contributed by atoms with E-state index in [-0.39, 0.29) is 5.41 Å². The highest BCUT2D eigenvalue weighted by Gasteiger charge is 2.36. The van der Waals surface area contributed by atoms with Gasteiger partial charge in [-0.2, -0.15) is 0 Å². The summed E-state index contributed by atoms with van der Waals surface area (Å²) in [5.41, 5.74) is 8.57. The van der Waals surface area contributed by atoms with Crippen LogP contribution in [0.15, 0.2) is 60.8 Å². The molecule has 0 fully saturated rings. The SMILES string of the molecule is [2H]c1cccc2c1-c1cc(C)c(-c3cccc[n+]3C)cc1C2(C)C. The summed E-state index contributed by atoms with van der Waals surface area (Å²) < 4.78 is 10.5. The molecule has 0 radical (unpaired) electrons. The molecule has 1 heteroatoms. The lowest BCUT2D eigenvalue weighted by atomic mass is 9.81. The molecular formula is C22H22N+. The molecule has 0 atom stereocenters. The van der Waals surface area contributed by atoms with E-state index in [0.717, 1.165) is 5.56 Å². The van der Waals surface area contributed by atoms with Gasteiger partial charge in [0.25, 0.3) is 0 Å². The highest BCUT2D eigenvalue weighted by Crippen LogP contribution is 2.49. The number of aryl methyl sites for hydroxylation is 2. The molecule has 1 aromatic heterocycles. The van der Waals surface area contributed by atoms with Gasteiger partial charge in [0, 0.05) is 23.1 Å². The van der Waals surface area contributed by atoms with Gasteiger partial charge in [0.15, 0.2) is 6.20 Å². The van der Waals surface area contributed by atoms with Crippen molar-refractivity contribution in [1.29, 1.82) is 0 Å². The third-order valence-corrected chi connectivity index (χ3v) is 5.17. The van der Waals surface area contributed by atoms with Crippen LogP contribution in [-0.4, -0.2) is 0 Å². The van der Waals surface area contributed by atoms with Crippen LogP contribution < -0.4 is 4.57 Å². The van der Waals surface area contributed by atoms with Gasteiger partial charge in [0.1, 0.15) is 7.05 Å². The predicted molar refractivity (Wildman–Crippen MR) is 95.4 cm³/mol. The van der Waals surface area contributed by atoms with E-state index < -0.39 is 0 Å². The highest BCUT2D eigenvalue weighted by atomic mass is 14.9. The molecule has 1 heterocycles. The summed E-state index contributed by atoms with van der Waals surface area (Å²) in [4.78, 5) is 0. The maximum atomic E-state index is 8.38. The Hall–Kier alpha value is -2.41. The Morgan fingerprint density at radius 2 is 1.70 bits per heavy atom. The Labute approximate surface area is 139 Å². The van der Waals surface area contributed by atoms with Gasteiger partial charge in [0.05, 0.1) is 1.37 Å². The number of hydrogen-bond acceptors (Lipinski definition) is 0. The van der Waals surface area contributed by atoms with Gasteiger partial charge in [-0.1, -0.05) is 44.2 Å². The second kappa shape index (κ2) is 4.79. The van der Waals surface area contributed by atoms with Crippen molar-refractivity contribution in [2.24, 2.45) is 7.05 Å². The maximum Gasteiger partial charge on any atom is 0.212 e. The summed E-state index contributed by atoms with van der Waals surface area (Å²) >= 11 is 0. The minimum Gasteiger partial charge on any atom is -0.201 e. The van der Waals surface area contributed by atoms with E-state index in [1.54, 1.807) is 0 Å². The highest BCUT2D eigenvalue weighted by molar-refractivity contribution is 5.84. The van der Waals surface area contributed by atoms with E-state index in [2.05, 4.69) is 75.0 Å². The van der Waals surface area contributed by atoms with Crippen LogP contribution in [0.1, 0.15) is 31.9 Å². The van der Waals surface area contributed by atoms with Gasteiger partial charge < -0.3 is 0 Å². The van der Waals surface area contributed by atoms with Crippen LogP contribution >= 0.6 is 0 Å². The second-order valence-corrected chi connectivity index (χ2v) is 6.99. The van der Waals surface area contributed by atoms with Gasteiger partial charge in [0.2, 0.25) is 5.69 Å². The molecule has 2 aromatic carbocycles. The molecule has 0 spiro atoms. The van der Waals surface area contributed by atoms with Crippen molar-refractivity contribution in [3.63, 3.8) is 0 Å². The van der Waals surface area contributed by atoms with Crippen molar-refractivity contribution in [2.75, 3.05) is 0 Å². The number of rotatable bonds is 1. The molecule has 23 heavy (non-hydrogen) atoms. The van der Waals surface area contributed by atoms with Crippen molar-refractivity contribution in [3.05, 3.63) is 77.5 Å². The number of benzene rings is 2. The molecule has 1 aliphatic carbocycles. The minimum absolute atomic E-state index is 0.0719. The largest absolute Gasteiger partial charge is 0.212 e. The normalized spacial score (nSPS) is 15.0. The summed E-state index contributed by atoms with van der Waals surface area (Å²) in [6, 6.07) is 17.6. The molecule has 114 valence electrons. The molecule has 1 aliphatic rings.